The van der Waals surface area contributed by atoms with Crippen molar-refractivity contribution >= 4 is 0 Å². The van der Waals surface area contributed by atoms with E-state index in [9.17, 15) is 8.78 Å². The van der Waals surface area contributed by atoms with Gasteiger partial charge < -0.3 is 5.32 Å². The average molecular weight is 211 g/mol. The highest BCUT2D eigenvalue weighted by molar-refractivity contribution is 5.37. The number of halogens is 2. The first-order chi connectivity index (χ1) is 7.13. The molecule has 1 heterocycles. The Morgan fingerprint density at radius 3 is 2.80 bits per heavy atom. The fourth-order valence-corrected chi connectivity index (χ4v) is 2.31. The van der Waals surface area contributed by atoms with Gasteiger partial charge in [0.15, 0.2) is 0 Å². The van der Waals surface area contributed by atoms with Crippen molar-refractivity contribution in [2.75, 3.05) is 6.54 Å². The number of hydrogen-bond acceptors (Lipinski definition) is 1. The molecule has 0 fully saturated rings. The lowest BCUT2D eigenvalue weighted by atomic mass is 9.86. The van der Waals surface area contributed by atoms with Crippen LogP contribution in [0.5, 0.6) is 0 Å². The standard InChI is InChI=1S/C12H15F2N/c1-3-11-9-4-8(13)5-10(14)12(9)7(2)6-15-11/h4-5,7,11,15H,3,6H2,1-2H3. The Bertz CT molecular complexity index is 376. The maximum absolute atomic E-state index is 13.6. The molecule has 0 saturated carbocycles. The lowest BCUT2D eigenvalue weighted by Crippen LogP contribution is -2.32. The van der Waals surface area contributed by atoms with E-state index in [0.717, 1.165) is 24.6 Å². The van der Waals surface area contributed by atoms with Crippen LogP contribution in [0.15, 0.2) is 12.1 Å². The van der Waals surface area contributed by atoms with Gasteiger partial charge in [-0.05, 0) is 29.5 Å². The van der Waals surface area contributed by atoms with Gasteiger partial charge in [-0.2, -0.15) is 0 Å². The van der Waals surface area contributed by atoms with Gasteiger partial charge in [0, 0.05) is 18.7 Å². The van der Waals surface area contributed by atoms with Gasteiger partial charge >= 0.3 is 0 Å². The number of fused-ring (bicyclic) bond motifs is 1. The van der Waals surface area contributed by atoms with E-state index in [4.69, 9.17) is 0 Å². The summed E-state index contributed by atoms with van der Waals surface area (Å²) in [4.78, 5) is 0. The average Bonchev–Trinajstić information content (AvgIpc) is 2.17. The zero-order valence-electron chi connectivity index (χ0n) is 8.98. The van der Waals surface area contributed by atoms with E-state index in [2.05, 4.69) is 5.32 Å². The van der Waals surface area contributed by atoms with Crippen LogP contribution in [0.1, 0.15) is 43.4 Å². The van der Waals surface area contributed by atoms with Crippen molar-refractivity contribution in [3.63, 3.8) is 0 Å². The summed E-state index contributed by atoms with van der Waals surface area (Å²) in [6.07, 6.45) is 0.850. The highest BCUT2D eigenvalue weighted by Crippen LogP contribution is 2.33. The van der Waals surface area contributed by atoms with Crippen LogP contribution in [-0.2, 0) is 0 Å². The first kappa shape index (κ1) is 10.6. The highest BCUT2D eigenvalue weighted by atomic mass is 19.1. The van der Waals surface area contributed by atoms with Gasteiger partial charge in [-0.1, -0.05) is 13.8 Å². The van der Waals surface area contributed by atoms with Crippen molar-refractivity contribution in [3.8, 4) is 0 Å². The molecule has 3 heteroatoms. The Morgan fingerprint density at radius 1 is 1.40 bits per heavy atom. The Labute approximate surface area is 88.5 Å². The van der Waals surface area contributed by atoms with Crippen molar-refractivity contribution in [3.05, 3.63) is 34.9 Å². The second-order valence-corrected chi connectivity index (χ2v) is 4.16. The highest BCUT2D eigenvalue weighted by Gasteiger charge is 2.26. The predicted molar refractivity (Wildman–Crippen MR) is 55.8 cm³/mol. The molecule has 2 unspecified atom stereocenters. The minimum absolute atomic E-state index is 0.0846. The SMILES string of the molecule is CCC1NCC(C)c2c(F)cc(F)cc21. The Kier molecular flexibility index (Phi) is 2.74. The lowest BCUT2D eigenvalue weighted by molar-refractivity contribution is 0.434. The first-order valence-corrected chi connectivity index (χ1v) is 5.35. The van der Waals surface area contributed by atoms with Crippen molar-refractivity contribution in [2.24, 2.45) is 0 Å². The van der Waals surface area contributed by atoms with Gasteiger partial charge in [-0.3, -0.25) is 0 Å². The molecule has 1 aliphatic rings. The molecule has 82 valence electrons. The summed E-state index contributed by atoms with van der Waals surface area (Å²) in [5, 5.41) is 3.30. The molecule has 0 saturated heterocycles. The molecule has 0 amide bonds. The largest absolute Gasteiger partial charge is 0.309 e. The van der Waals surface area contributed by atoms with Gasteiger partial charge in [0.1, 0.15) is 11.6 Å². The quantitative estimate of drug-likeness (QED) is 0.752. The van der Waals surface area contributed by atoms with E-state index in [1.165, 1.54) is 6.07 Å². The van der Waals surface area contributed by atoms with Crippen molar-refractivity contribution in [2.45, 2.75) is 32.2 Å². The number of rotatable bonds is 1. The molecule has 15 heavy (non-hydrogen) atoms. The van der Waals surface area contributed by atoms with E-state index in [-0.39, 0.29) is 12.0 Å². The molecule has 0 bridgehead atoms. The molecule has 0 aliphatic carbocycles. The summed E-state index contributed by atoms with van der Waals surface area (Å²) in [6.45, 7) is 4.73. The van der Waals surface area contributed by atoms with Crippen LogP contribution in [0.4, 0.5) is 8.78 Å². The molecule has 2 rings (SSSR count). The van der Waals surface area contributed by atoms with E-state index in [1.807, 2.05) is 13.8 Å². The van der Waals surface area contributed by atoms with Crippen LogP contribution in [0.2, 0.25) is 0 Å². The maximum atomic E-state index is 13.6. The third-order valence-corrected chi connectivity index (χ3v) is 3.07. The zero-order chi connectivity index (χ0) is 11.0. The molecular weight excluding hydrogens is 196 g/mol. The summed E-state index contributed by atoms with van der Waals surface area (Å²) >= 11 is 0. The summed E-state index contributed by atoms with van der Waals surface area (Å²) < 4.78 is 26.7. The molecule has 0 aromatic heterocycles. The first-order valence-electron chi connectivity index (χ1n) is 5.35. The molecule has 0 radical (unpaired) electrons. The van der Waals surface area contributed by atoms with Crippen LogP contribution in [0, 0.1) is 11.6 Å². The number of benzene rings is 1. The van der Waals surface area contributed by atoms with Crippen molar-refractivity contribution in [1.82, 2.24) is 5.32 Å². The van der Waals surface area contributed by atoms with Gasteiger partial charge in [0.25, 0.3) is 0 Å². The van der Waals surface area contributed by atoms with E-state index < -0.39 is 11.6 Å². The molecule has 1 N–H and O–H groups in total. The summed E-state index contributed by atoms with van der Waals surface area (Å²) in [5.41, 5.74) is 1.47. The molecular formula is C12H15F2N. The molecule has 0 spiro atoms. The van der Waals surface area contributed by atoms with Crippen LogP contribution in [0.25, 0.3) is 0 Å². The Hall–Kier alpha value is -0.960. The van der Waals surface area contributed by atoms with Gasteiger partial charge in [0.2, 0.25) is 0 Å². The third kappa shape index (κ3) is 1.76. The molecule has 1 aromatic carbocycles. The zero-order valence-corrected chi connectivity index (χ0v) is 8.98. The molecule has 1 nitrogen and oxygen atoms in total. The topological polar surface area (TPSA) is 12.0 Å². The number of hydrogen-bond donors (Lipinski definition) is 1. The van der Waals surface area contributed by atoms with Gasteiger partial charge in [0.05, 0.1) is 0 Å². The smallest absolute Gasteiger partial charge is 0.129 e. The second kappa shape index (κ2) is 3.89. The van der Waals surface area contributed by atoms with E-state index in [0.29, 0.717) is 5.56 Å². The summed E-state index contributed by atoms with van der Waals surface area (Å²) in [7, 11) is 0. The molecule has 1 aromatic rings. The second-order valence-electron chi connectivity index (χ2n) is 4.16. The minimum atomic E-state index is -0.486. The van der Waals surface area contributed by atoms with Crippen LogP contribution >= 0.6 is 0 Å². The fraction of sp³-hybridized carbons (Fsp3) is 0.500. The maximum Gasteiger partial charge on any atom is 0.129 e. The molecule has 2 atom stereocenters. The Balaban J connectivity index is 2.56. The fourth-order valence-electron chi connectivity index (χ4n) is 2.31. The van der Waals surface area contributed by atoms with Gasteiger partial charge in [-0.25, -0.2) is 8.78 Å². The number of nitrogens with one attached hydrogen (secondary N) is 1. The summed E-state index contributed by atoms with van der Waals surface area (Å²) in [5.74, 6) is -0.776. The lowest BCUT2D eigenvalue weighted by Gasteiger charge is -2.30. The van der Waals surface area contributed by atoms with Crippen molar-refractivity contribution in [1.29, 1.82) is 0 Å². The third-order valence-electron chi connectivity index (χ3n) is 3.07. The van der Waals surface area contributed by atoms with Crippen molar-refractivity contribution < 1.29 is 8.78 Å². The molecule has 1 aliphatic heterocycles. The normalized spacial score (nSPS) is 25.1. The van der Waals surface area contributed by atoms with Crippen LogP contribution in [0.3, 0.4) is 0 Å². The predicted octanol–water partition coefficient (Wildman–Crippen LogP) is 3.12. The van der Waals surface area contributed by atoms with Gasteiger partial charge in [-0.15, -0.1) is 0 Å². The van der Waals surface area contributed by atoms with Crippen LogP contribution < -0.4 is 5.32 Å². The summed E-state index contributed by atoms with van der Waals surface area (Å²) in [6, 6.07) is 2.52. The Morgan fingerprint density at radius 2 is 2.13 bits per heavy atom. The minimum Gasteiger partial charge on any atom is -0.309 e. The van der Waals surface area contributed by atoms with E-state index >= 15 is 0 Å². The van der Waals surface area contributed by atoms with Crippen LogP contribution in [-0.4, -0.2) is 6.54 Å². The monoisotopic (exact) mass is 211 g/mol. The van der Waals surface area contributed by atoms with E-state index in [1.54, 1.807) is 0 Å².